The molecular weight excluding hydrogens is 254 g/mol. The summed E-state index contributed by atoms with van der Waals surface area (Å²) in [7, 11) is 0. The zero-order valence-corrected chi connectivity index (χ0v) is 11.9. The van der Waals surface area contributed by atoms with Crippen LogP contribution < -0.4 is 10.1 Å². The Morgan fingerprint density at radius 3 is 2.95 bits per heavy atom. The van der Waals surface area contributed by atoms with Crippen molar-refractivity contribution in [3.05, 3.63) is 41.7 Å². The molecule has 0 saturated carbocycles. The molecule has 0 saturated heterocycles. The SMILES string of the molecule is CCC(C)Oc1cccc(NC(=O)c2cn[nH]c2C)c1. The predicted molar refractivity (Wildman–Crippen MR) is 78.1 cm³/mol. The Hall–Kier alpha value is -2.30. The number of amides is 1. The number of hydrogen-bond acceptors (Lipinski definition) is 3. The lowest BCUT2D eigenvalue weighted by Gasteiger charge is -2.13. The van der Waals surface area contributed by atoms with E-state index in [1.54, 1.807) is 0 Å². The van der Waals surface area contributed by atoms with Gasteiger partial charge in [0.05, 0.1) is 17.9 Å². The van der Waals surface area contributed by atoms with Crippen LogP contribution in [0.1, 0.15) is 36.3 Å². The summed E-state index contributed by atoms with van der Waals surface area (Å²) >= 11 is 0. The summed E-state index contributed by atoms with van der Waals surface area (Å²) in [5.41, 5.74) is 1.99. The van der Waals surface area contributed by atoms with Gasteiger partial charge in [0.1, 0.15) is 5.75 Å². The van der Waals surface area contributed by atoms with E-state index in [0.29, 0.717) is 11.3 Å². The monoisotopic (exact) mass is 273 g/mol. The topological polar surface area (TPSA) is 67.0 Å². The summed E-state index contributed by atoms with van der Waals surface area (Å²) in [6, 6.07) is 7.39. The van der Waals surface area contributed by atoms with Gasteiger partial charge in [-0.1, -0.05) is 13.0 Å². The van der Waals surface area contributed by atoms with Crippen LogP contribution in [-0.2, 0) is 0 Å². The smallest absolute Gasteiger partial charge is 0.259 e. The number of carbonyl (C=O) groups excluding carboxylic acids is 1. The number of aryl methyl sites for hydroxylation is 1. The summed E-state index contributed by atoms with van der Waals surface area (Å²) in [6.07, 6.45) is 2.60. The Labute approximate surface area is 118 Å². The molecule has 0 aliphatic heterocycles. The first-order valence-electron chi connectivity index (χ1n) is 6.68. The maximum Gasteiger partial charge on any atom is 0.259 e. The van der Waals surface area contributed by atoms with Crippen molar-refractivity contribution >= 4 is 11.6 Å². The van der Waals surface area contributed by atoms with Crippen molar-refractivity contribution in [1.29, 1.82) is 0 Å². The van der Waals surface area contributed by atoms with Gasteiger partial charge in [0.15, 0.2) is 0 Å². The number of carbonyl (C=O) groups is 1. The van der Waals surface area contributed by atoms with Crippen LogP contribution in [0.5, 0.6) is 5.75 Å². The molecule has 0 radical (unpaired) electrons. The van der Waals surface area contributed by atoms with E-state index in [1.165, 1.54) is 6.20 Å². The molecular formula is C15H19N3O2. The molecule has 0 fully saturated rings. The van der Waals surface area contributed by atoms with Gasteiger partial charge in [0.2, 0.25) is 0 Å². The first-order valence-corrected chi connectivity index (χ1v) is 6.68. The highest BCUT2D eigenvalue weighted by Crippen LogP contribution is 2.20. The van der Waals surface area contributed by atoms with Crippen LogP contribution >= 0.6 is 0 Å². The van der Waals surface area contributed by atoms with Crippen LogP contribution in [0.4, 0.5) is 5.69 Å². The minimum absolute atomic E-state index is 0.150. The number of nitrogens with one attached hydrogen (secondary N) is 2. The minimum atomic E-state index is -0.183. The molecule has 1 aromatic heterocycles. The van der Waals surface area contributed by atoms with Crippen LogP contribution in [0.2, 0.25) is 0 Å². The van der Waals surface area contributed by atoms with Gasteiger partial charge in [0.25, 0.3) is 5.91 Å². The second kappa shape index (κ2) is 6.23. The van der Waals surface area contributed by atoms with E-state index in [9.17, 15) is 4.79 Å². The van der Waals surface area contributed by atoms with Crippen molar-refractivity contribution in [3.8, 4) is 5.75 Å². The predicted octanol–water partition coefficient (Wildman–Crippen LogP) is 3.15. The molecule has 1 aromatic carbocycles. The molecule has 1 heterocycles. The summed E-state index contributed by atoms with van der Waals surface area (Å²) in [4.78, 5) is 12.1. The van der Waals surface area contributed by atoms with Crippen LogP contribution in [0.15, 0.2) is 30.5 Å². The molecule has 0 bridgehead atoms. The molecule has 0 spiro atoms. The number of benzene rings is 1. The normalized spacial score (nSPS) is 11.9. The maximum absolute atomic E-state index is 12.1. The first kappa shape index (κ1) is 14.1. The van der Waals surface area contributed by atoms with Crippen molar-refractivity contribution in [1.82, 2.24) is 10.2 Å². The molecule has 2 N–H and O–H groups in total. The van der Waals surface area contributed by atoms with Gasteiger partial charge in [-0.25, -0.2) is 0 Å². The Kier molecular flexibility index (Phi) is 4.40. The Bertz CT molecular complexity index is 592. The number of ether oxygens (including phenoxy) is 1. The van der Waals surface area contributed by atoms with E-state index in [-0.39, 0.29) is 12.0 Å². The van der Waals surface area contributed by atoms with Gasteiger partial charge in [-0.05, 0) is 32.4 Å². The third-order valence-electron chi connectivity index (χ3n) is 3.08. The zero-order chi connectivity index (χ0) is 14.5. The highest BCUT2D eigenvalue weighted by atomic mass is 16.5. The third-order valence-corrected chi connectivity index (χ3v) is 3.08. The van der Waals surface area contributed by atoms with E-state index >= 15 is 0 Å². The van der Waals surface area contributed by atoms with Gasteiger partial charge < -0.3 is 10.1 Å². The van der Waals surface area contributed by atoms with E-state index in [2.05, 4.69) is 22.4 Å². The van der Waals surface area contributed by atoms with Gasteiger partial charge >= 0.3 is 0 Å². The number of rotatable bonds is 5. The van der Waals surface area contributed by atoms with E-state index in [0.717, 1.165) is 17.9 Å². The molecule has 0 aliphatic carbocycles. The highest BCUT2D eigenvalue weighted by molar-refractivity contribution is 6.04. The lowest BCUT2D eigenvalue weighted by atomic mass is 10.2. The molecule has 1 unspecified atom stereocenters. The second-order valence-corrected chi connectivity index (χ2v) is 4.73. The number of anilines is 1. The van der Waals surface area contributed by atoms with E-state index < -0.39 is 0 Å². The van der Waals surface area contributed by atoms with Crippen LogP contribution in [0.25, 0.3) is 0 Å². The average Bonchev–Trinajstić information content (AvgIpc) is 2.85. The van der Waals surface area contributed by atoms with Crippen LogP contribution in [0, 0.1) is 6.92 Å². The minimum Gasteiger partial charge on any atom is -0.491 e. The van der Waals surface area contributed by atoms with Crippen LogP contribution in [0.3, 0.4) is 0 Å². The Balaban J connectivity index is 2.08. The van der Waals surface area contributed by atoms with Crippen molar-refractivity contribution in [2.24, 2.45) is 0 Å². The summed E-state index contributed by atoms with van der Waals surface area (Å²) < 4.78 is 5.73. The van der Waals surface area contributed by atoms with Gasteiger partial charge in [-0.2, -0.15) is 5.10 Å². The maximum atomic E-state index is 12.1. The fraction of sp³-hybridized carbons (Fsp3) is 0.333. The molecule has 2 rings (SSSR count). The number of aromatic amines is 1. The largest absolute Gasteiger partial charge is 0.491 e. The average molecular weight is 273 g/mol. The molecule has 106 valence electrons. The summed E-state index contributed by atoms with van der Waals surface area (Å²) in [6.45, 7) is 5.89. The lowest BCUT2D eigenvalue weighted by molar-refractivity contribution is 0.102. The summed E-state index contributed by atoms with van der Waals surface area (Å²) in [5.74, 6) is 0.568. The highest BCUT2D eigenvalue weighted by Gasteiger charge is 2.11. The number of hydrogen-bond donors (Lipinski definition) is 2. The quantitative estimate of drug-likeness (QED) is 0.879. The fourth-order valence-electron chi connectivity index (χ4n) is 1.74. The van der Waals surface area contributed by atoms with Gasteiger partial charge in [-0.15, -0.1) is 0 Å². The Morgan fingerprint density at radius 1 is 1.50 bits per heavy atom. The lowest BCUT2D eigenvalue weighted by Crippen LogP contribution is -2.13. The van der Waals surface area contributed by atoms with Gasteiger partial charge in [-0.3, -0.25) is 9.89 Å². The van der Waals surface area contributed by atoms with Gasteiger partial charge in [0, 0.05) is 17.4 Å². The first-order chi connectivity index (χ1) is 9.60. The zero-order valence-electron chi connectivity index (χ0n) is 11.9. The van der Waals surface area contributed by atoms with Crippen molar-refractivity contribution in [2.45, 2.75) is 33.3 Å². The number of H-pyrrole nitrogens is 1. The Morgan fingerprint density at radius 2 is 2.30 bits per heavy atom. The molecule has 5 heteroatoms. The second-order valence-electron chi connectivity index (χ2n) is 4.73. The molecule has 1 atom stereocenters. The molecule has 2 aromatic rings. The number of aromatic nitrogens is 2. The number of nitrogens with zero attached hydrogens (tertiary/aromatic N) is 1. The molecule has 1 amide bonds. The molecule has 0 aliphatic rings. The standard InChI is InChI=1S/C15H19N3O2/c1-4-10(2)20-13-7-5-6-12(8-13)17-15(19)14-9-16-18-11(14)3/h5-10H,4H2,1-3H3,(H,16,18)(H,17,19). The fourth-order valence-corrected chi connectivity index (χ4v) is 1.74. The molecule has 20 heavy (non-hydrogen) atoms. The third kappa shape index (κ3) is 3.38. The summed E-state index contributed by atoms with van der Waals surface area (Å²) in [5, 5.41) is 9.42. The van der Waals surface area contributed by atoms with E-state index in [4.69, 9.17) is 4.74 Å². The van der Waals surface area contributed by atoms with E-state index in [1.807, 2.05) is 38.1 Å². The molecule has 5 nitrogen and oxygen atoms in total. The van der Waals surface area contributed by atoms with Crippen molar-refractivity contribution < 1.29 is 9.53 Å². The van der Waals surface area contributed by atoms with Crippen molar-refractivity contribution in [2.75, 3.05) is 5.32 Å². The van der Waals surface area contributed by atoms with Crippen LogP contribution in [-0.4, -0.2) is 22.2 Å². The van der Waals surface area contributed by atoms with Crippen molar-refractivity contribution in [3.63, 3.8) is 0 Å².